The fourth-order valence-electron chi connectivity index (χ4n) is 2.01. The number of Topliss-reactive ketones (excluding diaryl/α,β-unsaturated/α-hetero) is 1. The summed E-state index contributed by atoms with van der Waals surface area (Å²) in [6.45, 7) is 0. The molecule has 0 unspecified atom stereocenters. The van der Waals surface area contributed by atoms with Crippen LogP contribution < -0.4 is 0 Å². The third-order valence-electron chi connectivity index (χ3n) is 2.95. The van der Waals surface area contributed by atoms with Crippen molar-refractivity contribution in [3.05, 3.63) is 48.7 Å². The van der Waals surface area contributed by atoms with Gasteiger partial charge in [-0.2, -0.15) is 5.26 Å². The highest BCUT2D eigenvalue weighted by Crippen LogP contribution is 2.20. The van der Waals surface area contributed by atoms with Gasteiger partial charge in [-0.1, -0.05) is 0 Å². The third kappa shape index (κ3) is 2.00. The molecule has 0 amide bonds. The van der Waals surface area contributed by atoms with Crippen molar-refractivity contribution < 1.29 is 4.79 Å². The molecule has 5 nitrogen and oxygen atoms in total. The minimum absolute atomic E-state index is 0.110. The number of hydrogen-bond donors (Lipinski definition) is 1. The lowest BCUT2D eigenvalue weighted by molar-refractivity contribution is 0.0994. The second-order valence-electron chi connectivity index (χ2n) is 4.18. The number of ketones is 1. The van der Waals surface area contributed by atoms with Gasteiger partial charge >= 0.3 is 0 Å². The van der Waals surface area contributed by atoms with Crippen molar-refractivity contribution >= 4 is 16.7 Å². The van der Waals surface area contributed by atoms with Crippen LogP contribution in [0.25, 0.3) is 16.6 Å². The minimum atomic E-state index is -0.192. The van der Waals surface area contributed by atoms with Gasteiger partial charge in [-0.3, -0.25) is 4.79 Å². The second-order valence-corrected chi connectivity index (χ2v) is 4.18. The van der Waals surface area contributed by atoms with E-state index in [0.717, 1.165) is 16.6 Å². The quantitative estimate of drug-likeness (QED) is 0.725. The highest BCUT2D eigenvalue weighted by atomic mass is 16.1. The summed E-state index contributed by atoms with van der Waals surface area (Å²) in [5.41, 5.74) is 2.33. The molecule has 0 aliphatic heterocycles. The third-order valence-corrected chi connectivity index (χ3v) is 2.95. The lowest BCUT2D eigenvalue weighted by atomic mass is 10.2. The molecule has 5 heteroatoms. The molecule has 0 saturated heterocycles. The number of carbonyl (C=O) groups is 1. The zero-order valence-corrected chi connectivity index (χ0v) is 10.00. The van der Waals surface area contributed by atoms with Crippen molar-refractivity contribution in [2.24, 2.45) is 0 Å². The summed E-state index contributed by atoms with van der Waals surface area (Å²) >= 11 is 0. The number of nitrogens with zero attached hydrogens (tertiary/aromatic N) is 3. The van der Waals surface area contributed by atoms with E-state index in [1.165, 1.54) is 0 Å². The molecule has 2 aromatic heterocycles. The molecule has 0 atom stereocenters. The lowest BCUT2D eigenvalue weighted by Crippen LogP contribution is -1.96. The molecule has 0 bridgehead atoms. The summed E-state index contributed by atoms with van der Waals surface area (Å²) < 4.78 is 1.89. The number of carbonyl (C=O) groups excluding carboxylic acids is 1. The Labute approximate surface area is 109 Å². The Morgan fingerprint density at radius 1 is 1.42 bits per heavy atom. The highest BCUT2D eigenvalue weighted by Gasteiger charge is 2.09. The number of aromatic nitrogens is 3. The van der Waals surface area contributed by atoms with Gasteiger partial charge in [0.2, 0.25) is 0 Å². The zero-order valence-electron chi connectivity index (χ0n) is 10.00. The van der Waals surface area contributed by atoms with E-state index in [-0.39, 0.29) is 12.2 Å². The van der Waals surface area contributed by atoms with Crippen LogP contribution in [0.1, 0.15) is 16.9 Å². The summed E-state index contributed by atoms with van der Waals surface area (Å²) in [6, 6.07) is 9.46. The number of rotatable bonds is 3. The molecule has 0 fully saturated rings. The van der Waals surface area contributed by atoms with Crippen LogP contribution in [0.2, 0.25) is 0 Å². The van der Waals surface area contributed by atoms with Crippen molar-refractivity contribution in [2.75, 3.05) is 0 Å². The lowest BCUT2D eigenvalue weighted by Gasteiger charge is -2.01. The maximum atomic E-state index is 11.7. The monoisotopic (exact) mass is 250 g/mol. The molecule has 3 rings (SSSR count). The fourth-order valence-corrected chi connectivity index (χ4v) is 2.01. The number of nitriles is 1. The van der Waals surface area contributed by atoms with Crippen molar-refractivity contribution in [2.45, 2.75) is 6.42 Å². The summed E-state index contributed by atoms with van der Waals surface area (Å²) in [5.74, 6) is -0.192. The standard InChI is InChI=1S/C14H10N4O/c15-4-3-14(19)13-8-10-7-11(1-2-12(10)17-13)18-6-5-16-9-18/h1-2,5-9,17H,3H2. The molecule has 19 heavy (non-hydrogen) atoms. The first kappa shape index (κ1) is 11.2. The topological polar surface area (TPSA) is 74.5 Å². The smallest absolute Gasteiger partial charge is 0.193 e. The number of fused-ring (bicyclic) bond motifs is 1. The molecule has 0 spiro atoms. The van der Waals surface area contributed by atoms with E-state index in [1.807, 2.05) is 35.0 Å². The SMILES string of the molecule is N#CCC(=O)c1cc2cc(-n3ccnc3)ccc2[nH]1. The van der Waals surface area contributed by atoms with Crippen LogP contribution in [-0.4, -0.2) is 20.3 Å². The van der Waals surface area contributed by atoms with Gasteiger partial charge in [0.15, 0.2) is 5.78 Å². The highest BCUT2D eigenvalue weighted by molar-refractivity contribution is 6.00. The van der Waals surface area contributed by atoms with Gasteiger partial charge in [0.05, 0.1) is 18.1 Å². The van der Waals surface area contributed by atoms with E-state index < -0.39 is 0 Å². The van der Waals surface area contributed by atoms with E-state index in [1.54, 1.807) is 18.6 Å². The maximum absolute atomic E-state index is 11.7. The van der Waals surface area contributed by atoms with E-state index in [4.69, 9.17) is 5.26 Å². The van der Waals surface area contributed by atoms with Gasteiger partial charge in [0, 0.05) is 29.0 Å². The van der Waals surface area contributed by atoms with E-state index in [0.29, 0.717) is 5.69 Å². The number of imidazole rings is 1. The molecule has 2 heterocycles. The van der Waals surface area contributed by atoms with Crippen LogP contribution in [-0.2, 0) is 0 Å². The molecule has 92 valence electrons. The Hall–Kier alpha value is -2.87. The summed E-state index contributed by atoms with van der Waals surface area (Å²) in [4.78, 5) is 18.7. The molecule has 0 radical (unpaired) electrons. The molecule has 1 aromatic carbocycles. The molecular formula is C14H10N4O. The van der Waals surface area contributed by atoms with E-state index in [9.17, 15) is 4.79 Å². The molecule has 0 aliphatic rings. The largest absolute Gasteiger partial charge is 0.352 e. The van der Waals surface area contributed by atoms with Crippen LogP contribution in [0, 0.1) is 11.3 Å². The average molecular weight is 250 g/mol. The zero-order chi connectivity index (χ0) is 13.2. The normalized spacial score (nSPS) is 10.5. The first-order valence-corrected chi connectivity index (χ1v) is 5.79. The van der Waals surface area contributed by atoms with Crippen molar-refractivity contribution in [3.8, 4) is 11.8 Å². The van der Waals surface area contributed by atoms with Crippen LogP contribution >= 0.6 is 0 Å². The predicted octanol–water partition coefficient (Wildman–Crippen LogP) is 2.45. The van der Waals surface area contributed by atoms with Gasteiger partial charge in [0.1, 0.15) is 6.42 Å². The number of benzene rings is 1. The maximum Gasteiger partial charge on any atom is 0.193 e. The minimum Gasteiger partial charge on any atom is -0.352 e. The van der Waals surface area contributed by atoms with Gasteiger partial charge in [-0.15, -0.1) is 0 Å². The number of aromatic amines is 1. The Balaban J connectivity index is 2.05. The van der Waals surface area contributed by atoms with Crippen LogP contribution in [0.3, 0.4) is 0 Å². The van der Waals surface area contributed by atoms with E-state index >= 15 is 0 Å². The first-order valence-electron chi connectivity index (χ1n) is 5.79. The van der Waals surface area contributed by atoms with Gasteiger partial charge in [-0.25, -0.2) is 4.98 Å². The predicted molar refractivity (Wildman–Crippen MR) is 70.0 cm³/mol. The van der Waals surface area contributed by atoms with Crippen molar-refractivity contribution in [1.29, 1.82) is 5.26 Å². The number of H-pyrrole nitrogens is 1. The molecule has 0 aliphatic carbocycles. The Morgan fingerprint density at radius 3 is 3.05 bits per heavy atom. The summed E-state index contributed by atoms with van der Waals surface area (Å²) in [7, 11) is 0. The molecule has 0 saturated carbocycles. The molecule has 3 aromatic rings. The number of nitrogens with one attached hydrogen (secondary N) is 1. The van der Waals surface area contributed by atoms with Crippen LogP contribution in [0.15, 0.2) is 43.0 Å². The second kappa shape index (κ2) is 4.42. The van der Waals surface area contributed by atoms with Crippen LogP contribution in [0.4, 0.5) is 0 Å². The summed E-state index contributed by atoms with van der Waals surface area (Å²) in [5, 5.41) is 9.48. The molecular weight excluding hydrogens is 240 g/mol. The van der Waals surface area contributed by atoms with E-state index in [2.05, 4.69) is 9.97 Å². The van der Waals surface area contributed by atoms with Gasteiger partial charge in [-0.05, 0) is 24.3 Å². The van der Waals surface area contributed by atoms with Gasteiger partial charge in [0.25, 0.3) is 0 Å². The number of hydrogen-bond acceptors (Lipinski definition) is 3. The fraction of sp³-hybridized carbons (Fsp3) is 0.0714. The first-order chi connectivity index (χ1) is 9.28. The Morgan fingerprint density at radius 2 is 2.32 bits per heavy atom. The Kier molecular flexibility index (Phi) is 2.62. The van der Waals surface area contributed by atoms with Crippen molar-refractivity contribution in [3.63, 3.8) is 0 Å². The Bertz CT molecular complexity index is 777. The van der Waals surface area contributed by atoms with Crippen LogP contribution in [0.5, 0.6) is 0 Å². The molecule has 1 N–H and O–H groups in total. The van der Waals surface area contributed by atoms with Gasteiger partial charge < -0.3 is 9.55 Å². The average Bonchev–Trinajstić information content (AvgIpc) is 3.07. The van der Waals surface area contributed by atoms with Crippen molar-refractivity contribution in [1.82, 2.24) is 14.5 Å². The summed E-state index contributed by atoms with van der Waals surface area (Å²) in [6.07, 6.45) is 5.18.